The Bertz CT molecular complexity index is 1200. The van der Waals surface area contributed by atoms with Gasteiger partial charge in [-0.25, -0.2) is 4.79 Å². The maximum Gasteiger partial charge on any atom is 0.337 e. The molecule has 1 fully saturated rings. The average molecular weight is 454 g/mol. The number of carbonyl (C=O) groups is 3. The summed E-state index contributed by atoms with van der Waals surface area (Å²) in [6, 6.07) is 17.3. The van der Waals surface area contributed by atoms with Gasteiger partial charge in [0.15, 0.2) is 0 Å². The molecule has 156 valence electrons. The molecule has 3 aromatic rings. The van der Waals surface area contributed by atoms with Gasteiger partial charge in [-0.15, -0.1) is 0 Å². The fraction of sp³-hybridized carbons (Fsp3) is 0.0870. The third-order valence-electron chi connectivity index (χ3n) is 4.59. The van der Waals surface area contributed by atoms with Gasteiger partial charge < -0.3 is 9.15 Å². The van der Waals surface area contributed by atoms with Crippen molar-refractivity contribution in [1.29, 1.82) is 0 Å². The summed E-state index contributed by atoms with van der Waals surface area (Å²) in [5.74, 6) is 0.219. The van der Waals surface area contributed by atoms with E-state index in [1.807, 2.05) is 6.07 Å². The number of halogens is 1. The monoisotopic (exact) mass is 453 g/mol. The third kappa shape index (κ3) is 4.57. The largest absolute Gasteiger partial charge is 0.465 e. The molecular formula is C23H16ClNO5S. The van der Waals surface area contributed by atoms with E-state index in [1.165, 1.54) is 12.0 Å². The van der Waals surface area contributed by atoms with E-state index in [9.17, 15) is 14.4 Å². The topological polar surface area (TPSA) is 76.8 Å². The van der Waals surface area contributed by atoms with Crippen LogP contribution in [0, 0.1) is 0 Å². The highest BCUT2D eigenvalue weighted by atomic mass is 35.5. The van der Waals surface area contributed by atoms with Gasteiger partial charge in [-0.3, -0.25) is 14.5 Å². The Morgan fingerprint density at radius 3 is 2.61 bits per heavy atom. The Morgan fingerprint density at radius 2 is 1.90 bits per heavy atom. The van der Waals surface area contributed by atoms with Crippen LogP contribution in [0.15, 0.2) is 70.0 Å². The number of hydrogen-bond donors (Lipinski definition) is 0. The molecule has 1 aliphatic heterocycles. The molecule has 2 heterocycles. The van der Waals surface area contributed by atoms with Gasteiger partial charge in [-0.1, -0.05) is 35.9 Å². The third-order valence-corrected chi connectivity index (χ3v) is 5.74. The van der Waals surface area contributed by atoms with Crippen molar-refractivity contribution < 1.29 is 23.5 Å². The lowest BCUT2D eigenvalue weighted by atomic mass is 10.1. The molecule has 0 saturated carbocycles. The van der Waals surface area contributed by atoms with Crippen molar-refractivity contribution in [2.45, 2.75) is 6.54 Å². The highest BCUT2D eigenvalue weighted by Crippen LogP contribution is 2.34. The van der Waals surface area contributed by atoms with Crippen LogP contribution in [-0.4, -0.2) is 29.1 Å². The van der Waals surface area contributed by atoms with Crippen LogP contribution in [0.1, 0.15) is 21.7 Å². The number of hydrogen-bond acceptors (Lipinski definition) is 6. The number of carbonyl (C=O) groups excluding carboxylic acids is 3. The predicted octanol–water partition coefficient (Wildman–Crippen LogP) is 5.62. The van der Waals surface area contributed by atoms with E-state index in [1.54, 1.807) is 60.7 Å². The fourth-order valence-corrected chi connectivity index (χ4v) is 4.09. The second-order valence-electron chi connectivity index (χ2n) is 6.67. The smallest absolute Gasteiger partial charge is 0.337 e. The Balaban J connectivity index is 1.50. The molecular weight excluding hydrogens is 438 g/mol. The first-order chi connectivity index (χ1) is 14.9. The summed E-state index contributed by atoms with van der Waals surface area (Å²) < 4.78 is 10.5. The zero-order chi connectivity index (χ0) is 22.0. The van der Waals surface area contributed by atoms with Gasteiger partial charge in [-0.2, -0.15) is 0 Å². The maximum absolute atomic E-state index is 12.7. The minimum atomic E-state index is -0.416. The number of ether oxygens (including phenoxy) is 1. The molecule has 1 aromatic heterocycles. The molecule has 1 aliphatic rings. The number of methoxy groups -OCH3 is 1. The molecule has 0 aliphatic carbocycles. The van der Waals surface area contributed by atoms with Crippen molar-refractivity contribution in [3.63, 3.8) is 0 Å². The summed E-state index contributed by atoms with van der Waals surface area (Å²) in [5.41, 5.74) is 1.97. The van der Waals surface area contributed by atoms with Crippen LogP contribution in [-0.2, 0) is 16.1 Å². The molecule has 4 rings (SSSR count). The van der Waals surface area contributed by atoms with Crippen molar-refractivity contribution in [3.8, 4) is 11.3 Å². The first-order valence-electron chi connectivity index (χ1n) is 9.23. The van der Waals surface area contributed by atoms with Crippen molar-refractivity contribution in [3.05, 3.63) is 87.5 Å². The molecule has 2 amide bonds. The lowest BCUT2D eigenvalue weighted by molar-refractivity contribution is -0.123. The molecule has 0 spiro atoms. The van der Waals surface area contributed by atoms with Crippen molar-refractivity contribution in [1.82, 2.24) is 4.90 Å². The Morgan fingerprint density at radius 1 is 1.13 bits per heavy atom. The quantitative estimate of drug-likeness (QED) is 0.368. The molecule has 2 aromatic carbocycles. The molecule has 0 bridgehead atoms. The van der Waals surface area contributed by atoms with Crippen LogP contribution in [0.2, 0.25) is 5.02 Å². The summed E-state index contributed by atoms with van der Waals surface area (Å²) in [6.45, 7) is 0.151. The van der Waals surface area contributed by atoms with Crippen molar-refractivity contribution in [2.24, 2.45) is 0 Å². The summed E-state index contributed by atoms with van der Waals surface area (Å²) in [7, 11) is 1.33. The predicted molar refractivity (Wildman–Crippen MR) is 118 cm³/mol. The van der Waals surface area contributed by atoms with Gasteiger partial charge in [0.2, 0.25) is 0 Å². The SMILES string of the molecule is COC(=O)c1ccc(-c2ccc(/C=C3\SC(=O)N(Cc4cccc(Cl)c4)C3=O)o2)cc1. The van der Waals surface area contributed by atoms with E-state index < -0.39 is 5.97 Å². The van der Waals surface area contributed by atoms with Crippen LogP contribution in [0.5, 0.6) is 0 Å². The number of esters is 1. The molecule has 6 nitrogen and oxygen atoms in total. The van der Waals surface area contributed by atoms with Gasteiger partial charge in [-0.05, 0) is 53.7 Å². The fourth-order valence-electron chi connectivity index (χ4n) is 3.06. The molecule has 0 radical (unpaired) electrons. The highest BCUT2D eigenvalue weighted by Gasteiger charge is 2.35. The Kier molecular flexibility index (Phi) is 5.97. The molecule has 8 heteroatoms. The van der Waals surface area contributed by atoms with Crippen LogP contribution in [0.4, 0.5) is 4.79 Å². The van der Waals surface area contributed by atoms with E-state index in [2.05, 4.69) is 4.74 Å². The van der Waals surface area contributed by atoms with Crippen LogP contribution in [0.25, 0.3) is 17.4 Å². The molecule has 1 saturated heterocycles. The first-order valence-corrected chi connectivity index (χ1v) is 10.4. The second-order valence-corrected chi connectivity index (χ2v) is 8.10. The number of furan rings is 1. The number of thioether (sulfide) groups is 1. The molecule has 0 N–H and O–H groups in total. The van der Waals surface area contributed by atoms with E-state index in [-0.39, 0.29) is 22.6 Å². The number of amides is 2. The highest BCUT2D eigenvalue weighted by molar-refractivity contribution is 8.18. The second kappa shape index (κ2) is 8.83. The van der Waals surface area contributed by atoms with Crippen LogP contribution >= 0.6 is 23.4 Å². The number of benzene rings is 2. The lowest BCUT2D eigenvalue weighted by Crippen LogP contribution is -2.27. The van der Waals surface area contributed by atoms with Crippen molar-refractivity contribution in [2.75, 3.05) is 7.11 Å². The number of rotatable bonds is 5. The Hall–Kier alpha value is -3.29. The molecule has 31 heavy (non-hydrogen) atoms. The summed E-state index contributed by atoms with van der Waals surface area (Å²) in [5, 5.41) is 0.198. The standard InChI is InChI=1S/C23H16ClNO5S/c1-29-22(27)16-7-5-15(6-8-16)19-10-9-18(30-19)12-20-21(26)25(23(28)31-20)13-14-3-2-4-17(24)11-14/h2-12H,13H2,1H3/b20-12-. The summed E-state index contributed by atoms with van der Waals surface area (Å²) >= 11 is 6.85. The lowest BCUT2D eigenvalue weighted by Gasteiger charge is -2.12. The zero-order valence-electron chi connectivity index (χ0n) is 16.3. The minimum absolute atomic E-state index is 0.151. The van der Waals surface area contributed by atoms with Gasteiger partial charge in [0.25, 0.3) is 11.1 Å². The zero-order valence-corrected chi connectivity index (χ0v) is 17.9. The summed E-state index contributed by atoms with van der Waals surface area (Å²) in [4.78, 5) is 38.1. The average Bonchev–Trinajstić information content (AvgIpc) is 3.34. The van der Waals surface area contributed by atoms with Crippen LogP contribution < -0.4 is 0 Å². The normalized spacial score (nSPS) is 15.0. The summed E-state index contributed by atoms with van der Waals surface area (Å²) in [6.07, 6.45) is 1.55. The maximum atomic E-state index is 12.7. The molecule has 0 unspecified atom stereocenters. The van der Waals surface area contributed by atoms with Gasteiger partial charge >= 0.3 is 5.97 Å². The molecule has 0 atom stereocenters. The Labute approximate surface area is 187 Å². The van der Waals surface area contributed by atoms with Gasteiger partial charge in [0, 0.05) is 16.7 Å². The van der Waals surface area contributed by atoms with Gasteiger partial charge in [0.1, 0.15) is 11.5 Å². The van der Waals surface area contributed by atoms with E-state index in [0.29, 0.717) is 22.1 Å². The van der Waals surface area contributed by atoms with E-state index >= 15 is 0 Å². The van der Waals surface area contributed by atoms with E-state index in [4.69, 9.17) is 16.0 Å². The van der Waals surface area contributed by atoms with E-state index in [0.717, 1.165) is 22.9 Å². The first kappa shape index (κ1) is 21.0. The van der Waals surface area contributed by atoms with Crippen molar-refractivity contribution >= 4 is 46.6 Å². The number of imide groups is 1. The number of nitrogens with zero attached hydrogens (tertiary/aromatic N) is 1. The van der Waals surface area contributed by atoms with Gasteiger partial charge in [0.05, 0.1) is 24.1 Å². The van der Waals surface area contributed by atoms with Crippen LogP contribution in [0.3, 0.4) is 0 Å². The minimum Gasteiger partial charge on any atom is -0.465 e.